The Bertz CT molecular complexity index is 715. The van der Waals surface area contributed by atoms with Crippen molar-refractivity contribution in [3.05, 3.63) is 40.6 Å². The molecule has 3 rings (SSSR count). The van der Waals surface area contributed by atoms with Gasteiger partial charge in [0, 0.05) is 19.1 Å². The molecule has 5 nitrogen and oxygen atoms in total. The molecular weight excluding hydrogens is 304 g/mol. The predicted molar refractivity (Wildman–Crippen MR) is 92.2 cm³/mol. The van der Waals surface area contributed by atoms with Gasteiger partial charge >= 0.3 is 0 Å². The first kappa shape index (κ1) is 16.7. The van der Waals surface area contributed by atoms with Gasteiger partial charge in [0.15, 0.2) is 0 Å². The second-order valence-electron chi connectivity index (χ2n) is 6.72. The van der Waals surface area contributed by atoms with Gasteiger partial charge in [-0.3, -0.25) is 14.5 Å². The second kappa shape index (κ2) is 6.40. The summed E-state index contributed by atoms with van der Waals surface area (Å²) >= 11 is 0. The van der Waals surface area contributed by atoms with Gasteiger partial charge in [-0.1, -0.05) is 23.8 Å². The topological polar surface area (TPSA) is 49.9 Å². The first-order chi connectivity index (χ1) is 11.4. The predicted octanol–water partition coefficient (Wildman–Crippen LogP) is 2.12. The molecule has 0 spiro atoms. The quantitative estimate of drug-likeness (QED) is 0.798. The van der Waals surface area contributed by atoms with Crippen molar-refractivity contribution in [2.45, 2.75) is 33.7 Å². The Morgan fingerprint density at radius 3 is 2.29 bits per heavy atom. The summed E-state index contributed by atoms with van der Waals surface area (Å²) in [5.74, 6) is -0.379. The van der Waals surface area contributed by atoms with Gasteiger partial charge in [0.25, 0.3) is 11.8 Å². The third-order valence-electron chi connectivity index (χ3n) is 4.59. The molecule has 1 fully saturated rings. The molecule has 1 aromatic rings. The smallest absolute Gasteiger partial charge is 0.278 e. The standard InChI is InChI=1S/C19H24N2O3/c1-12(2)21-18(22)16(15-6-5-13(3)11-14(15)4)17(19(21)23)20-7-9-24-10-8-20/h5-6,11-12H,7-10H2,1-4H3. The van der Waals surface area contributed by atoms with E-state index in [9.17, 15) is 9.59 Å². The summed E-state index contributed by atoms with van der Waals surface area (Å²) in [6.45, 7) is 10.2. The molecule has 0 bridgehead atoms. The van der Waals surface area contributed by atoms with E-state index in [2.05, 4.69) is 6.07 Å². The second-order valence-corrected chi connectivity index (χ2v) is 6.72. The summed E-state index contributed by atoms with van der Waals surface area (Å²) in [5.41, 5.74) is 4.07. The van der Waals surface area contributed by atoms with Crippen LogP contribution in [0.5, 0.6) is 0 Å². The Morgan fingerprint density at radius 2 is 1.71 bits per heavy atom. The van der Waals surface area contributed by atoms with Gasteiger partial charge in [0.1, 0.15) is 5.70 Å². The lowest BCUT2D eigenvalue weighted by atomic mass is 9.97. The van der Waals surface area contributed by atoms with Crippen LogP contribution in [0.2, 0.25) is 0 Å². The molecule has 24 heavy (non-hydrogen) atoms. The van der Waals surface area contributed by atoms with Crippen molar-refractivity contribution in [1.29, 1.82) is 0 Å². The molecule has 1 aromatic carbocycles. The van der Waals surface area contributed by atoms with Crippen molar-refractivity contribution >= 4 is 17.4 Å². The van der Waals surface area contributed by atoms with E-state index < -0.39 is 0 Å². The summed E-state index contributed by atoms with van der Waals surface area (Å²) in [5, 5.41) is 0. The first-order valence-electron chi connectivity index (χ1n) is 8.44. The third kappa shape index (κ3) is 2.73. The summed E-state index contributed by atoms with van der Waals surface area (Å²) in [6.07, 6.45) is 0. The normalized spacial score (nSPS) is 19.0. The highest BCUT2D eigenvalue weighted by Gasteiger charge is 2.43. The molecule has 0 radical (unpaired) electrons. The number of hydrogen-bond donors (Lipinski definition) is 0. The van der Waals surface area contributed by atoms with Crippen molar-refractivity contribution in [3.8, 4) is 0 Å². The van der Waals surface area contributed by atoms with Crippen LogP contribution in [0.3, 0.4) is 0 Å². The molecule has 2 aliphatic rings. The van der Waals surface area contributed by atoms with Crippen LogP contribution < -0.4 is 0 Å². The molecule has 2 heterocycles. The minimum Gasteiger partial charge on any atom is -0.378 e. The molecule has 0 unspecified atom stereocenters. The van der Waals surface area contributed by atoms with E-state index in [1.54, 1.807) is 0 Å². The van der Waals surface area contributed by atoms with E-state index in [0.717, 1.165) is 16.7 Å². The Hall–Kier alpha value is -2.14. The highest BCUT2D eigenvalue weighted by molar-refractivity contribution is 6.35. The molecule has 0 atom stereocenters. The molecule has 0 aliphatic carbocycles. The highest BCUT2D eigenvalue weighted by Crippen LogP contribution is 2.34. The summed E-state index contributed by atoms with van der Waals surface area (Å²) < 4.78 is 5.40. The number of nitrogens with zero attached hydrogens (tertiary/aromatic N) is 2. The van der Waals surface area contributed by atoms with E-state index in [1.807, 2.05) is 44.7 Å². The number of amides is 2. The fraction of sp³-hybridized carbons (Fsp3) is 0.474. The number of rotatable bonds is 3. The van der Waals surface area contributed by atoms with Gasteiger partial charge in [0.05, 0.1) is 18.8 Å². The third-order valence-corrected chi connectivity index (χ3v) is 4.59. The Kier molecular flexibility index (Phi) is 4.45. The number of imide groups is 1. The zero-order valence-corrected chi connectivity index (χ0v) is 14.8. The van der Waals surface area contributed by atoms with Gasteiger partial charge in [-0.25, -0.2) is 0 Å². The van der Waals surface area contributed by atoms with E-state index in [-0.39, 0.29) is 17.9 Å². The van der Waals surface area contributed by atoms with E-state index in [0.29, 0.717) is 37.6 Å². The van der Waals surface area contributed by atoms with E-state index in [4.69, 9.17) is 4.74 Å². The van der Waals surface area contributed by atoms with Crippen LogP contribution in [0.4, 0.5) is 0 Å². The van der Waals surface area contributed by atoms with Gasteiger partial charge in [-0.2, -0.15) is 0 Å². The number of ether oxygens (including phenoxy) is 1. The molecule has 1 saturated heterocycles. The molecule has 0 saturated carbocycles. The largest absolute Gasteiger partial charge is 0.378 e. The monoisotopic (exact) mass is 328 g/mol. The van der Waals surface area contributed by atoms with Crippen LogP contribution in [0.25, 0.3) is 5.57 Å². The summed E-state index contributed by atoms with van der Waals surface area (Å²) in [6, 6.07) is 5.83. The van der Waals surface area contributed by atoms with Gasteiger partial charge in [0.2, 0.25) is 0 Å². The van der Waals surface area contributed by atoms with Crippen molar-refractivity contribution in [2.75, 3.05) is 26.3 Å². The number of carbonyl (C=O) groups is 2. The average molecular weight is 328 g/mol. The SMILES string of the molecule is Cc1ccc(C2=C(N3CCOCC3)C(=O)N(C(C)C)C2=O)c(C)c1. The first-order valence-corrected chi connectivity index (χ1v) is 8.44. The zero-order valence-electron chi connectivity index (χ0n) is 14.8. The summed E-state index contributed by atoms with van der Waals surface area (Å²) in [7, 11) is 0. The highest BCUT2D eigenvalue weighted by atomic mass is 16.5. The van der Waals surface area contributed by atoms with Crippen LogP contribution in [-0.2, 0) is 14.3 Å². The van der Waals surface area contributed by atoms with Crippen LogP contribution in [0.15, 0.2) is 23.9 Å². The van der Waals surface area contributed by atoms with Gasteiger partial charge < -0.3 is 9.64 Å². The molecule has 0 aromatic heterocycles. The van der Waals surface area contributed by atoms with E-state index >= 15 is 0 Å². The van der Waals surface area contributed by atoms with Crippen LogP contribution in [0, 0.1) is 13.8 Å². The maximum Gasteiger partial charge on any atom is 0.278 e. The van der Waals surface area contributed by atoms with Crippen molar-refractivity contribution < 1.29 is 14.3 Å². The van der Waals surface area contributed by atoms with Crippen LogP contribution >= 0.6 is 0 Å². The number of benzene rings is 1. The number of morpholine rings is 1. The van der Waals surface area contributed by atoms with Crippen molar-refractivity contribution in [1.82, 2.24) is 9.80 Å². The molecular formula is C19H24N2O3. The van der Waals surface area contributed by atoms with Crippen LogP contribution in [-0.4, -0.2) is 54.0 Å². The molecule has 2 amide bonds. The minimum atomic E-state index is -0.191. The maximum atomic E-state index is 13.0. The lowest BCUT2D eigenvalue weighted by molar-refractivity contribution is -0.139. The number of aryl methyl sites for hydroxylation is 2. The van der Waals surface area contributed by atoms with Crippen molar-refractivity contribution in [2.24, 2.45) is 0 Å². The molecule has 5 heteroatoms. The van der Waals surface area contributed by atoms with Gasteiger partial charge in [-0.15, -0.1) is 0 Å². The van der Waals surface area contributed by atoms with Crippen LogP contribution in [0.1, 0.15) is 30.5 Å². The Labute approximate surface area is 142 Å². The van der Waals surface area contributed by atoms with Gasteiger partial charge in [-0.05, 0) is 38.8 Å². The van der Waals surface area contributed by atoms with E-state index in [1.165, 1.54) is 4.90 Å². The number of hydrogen-bond acceptors (Lipinski definition) is 4. The average Bonchev–Trinajstić information content (AvgIpc) is 2.79. The fourth-order valence-corrected chi connectivity index (χ4v) is 3.42. The Balaban J connectivity index is 2.15. The number of carbonyl (C=O) groups excluding carboxylic acids is 2. The zero-order chi connectivity index (χ0) is 17.4. The Morgan fingerprint density at radius 1 is 1.04 bits per heavy atom. The molecule has 2 aliphatic heterocycles. The maximum absolute atomic E-state index is 13.0. The van der Waals surface area contributed by atoms with Crippen molar-refractivity contribution in [3.63, 3.8) is 0 Å². The molecule has 128 valence electrons. The lowest BCUT2D eigenvalue weighted by Gasteiger charge is -2.30. The molecule has 0 N–H and O–H groups in total. The fourth-order valence-electron chi connectivity index (χ4n) is 3.42. The summed E-state index contributed by atoms with van der Waals surface area (Å²) in [4.78, 5) is 29.4. The lowest BCUT2D eigenvalue weighted by Crippen LogP contribution is -2.42. The minimum absolute atomic E-state index is 0.163.